The van der Waals surface area contributed by atoms with Crippen molar-refractivity contribution in [3.05, 3.63) is 29.8 Å². The van der Waals surface area contributed by atoms with Crippen molar-refractivity contribution in [2.75, 3.05) is 13.7 Å². The molecule has 1 aromatic carbocycles. The number of rotatable bonds is 6. The molecule has 2 N–H and O–H groups in total. The van der Waals surface area contributed by atoms with Crippen LogP contribution in [0, 0.1) is 0 Å². The molecule has 0 amide bonds. The second kappa shape index (κ2) is 6.51. The Labute approximate surface area is 97.6 Å². The minimum Gasteiger partial charge on any atom is -0.497 e. The van der Waals surface area contributed by atoms with Crippen LogP contribution in [0.15, 0.2) is 24.3 Å². The zero-order valence-corrected chi connectivity index (χ0v) is 10.3. The Morgan fingerprint density at radius 1 is 1.25 bits per heavy atom. The van der Waals surface area contributed by atoms with Gasteiger partial charge in [0, 0.05) is 6.61 Å². The van der Waals surface area contributed by atoms with Crippen molar-refractivity contribution < 1.29 is 9.47 Å². The normalized spacial score (nSPS) is 14.5. The van der Waals surface area contributed by atoms with Gasteiger partial charge in [-0.2, -0.15) is 0 Å². The SMILES string of the molecule is CCCOC(C)C(N)c1ccc(OC)cc1. The summed E-state index contributed by atoms with van der Waals surface area (Å²) in [6.07, 6.45) is 1.05. The maximum Gasteiger partial charge on any atom is 0.118 e. The Morgan fingerprint density at radius 2 is 1.88 bits per heavy atom. The first-order valence-electron chi connectivity index (χ1n) is 5.70. The highest BCUT2D eigenvalue weighted by Crippen LogP contribution is 2.19. The zero-order valence-electron chi connectivity index (χ0n) is 10.3. The lowest BCUT2D eigenvalue weighted by molar-refractivity contribution is 0.0485. The van der Waals surface area contributed by atoms with E-state index in [1.54, 1.807) is 7.11 Å². The van der Waals surface area contributed by atoms with Crippen LogP contribution in [0.2, 0.25) is 0 Å². The third-order valence-electron chi connectivity index (χ3n) is 2.59. The molecule has 0 aromatic heterocycles. The van der Waals surface area contributed by atoms with Gasteiger partial charge in [0.2, 0.25) is 0 Å². The van der Waals surface area contributed by atoms with Gasteiger partial charge < -0.3 is 15.2 Å². The van der Waals surface area contributed by atoms with Crippen LogP contribution in [0.5, 0.6) is 5.75 Å². The van der Waals surface area contributed by atoms with Gasteiger partial charge in [-0.05, 0) is 31.0 Å². The molecule has 0 spiro atoms. The lowest BCUT2D eigenvalue weighted by Gasteiger charge is -2.20. The van der Waals surface area contributed by atoms with E-state index in [0.29, 0.717) is 0 Å². The first kappa shape index (κ1) is 13.0. The van der Waals surface area contributed by atoms with Gasteiger partial charge in [-0.1, -0.05) is 19.1 Å². The van der Waals surface area contributed by atoms with Crippen molar-refractivity contribution in [2.24, 2.45) is 5.73 Å². The summed E-state index contributed by atoms with van der Waals surface area (Å²) in [5.41, 5.74) is 7.18. The Kier molecular flexibility index (Phi) is 5.29. The Morgan fingerprint density at radius 3 is 2.38 bits per heavy atom. The monoisotopic (exact) mass is 223 g/mol. The smallest absolute Gasteiger partial charge is 0.118 e. The van der Waals surface area contributed by atoms with Crippen molar-refractivity contribution >= 4 is 0 Å². The summed E-state index contributed by atoms with van der Waals surface area (Å²) in [5, 5.41) is 0. The van der Waals surface area contributed by atoms with Crippen LogP contribution in [-0.4, -0.2) is 19.8 Å². The van der Waals surface area contributed by atoms with Gasteiger partial charge in [-0.15, -0.1) is 0 Å². The second-order valence-electron chi connectivity index (χ2n) is 3.87. The van der Waals surface area contributed by atoms with Crippen LogP contribution in [0.1, 0.15) is 31.9 Å². The first-order valence-corrected chi connectivity index (χ1v) is 5.70. The van der Waals surface area contributed by atoms with Crippen LogP contribution in [0.3, 0.4) is 0 Å². The fourth-order valence-corrected chi connectivity index (χ4v) is 1.50. The van der Waals surface area contributed by atoms with Gasteiger partial charge in [0.05, 0.1) is 19.3 Å². The fraction of sp³-hybridized carbons (Fsp3) is 0.538. The molecule has 16 heavy (non-hydrogen) atoms. The van der Waals surface area contributed by atoms with E-state index >= 15 is 0 Å². The molecular weight excluding hydrogens is 202 g/mol. The molecule has 0 aliphatic carbocycles. The van der Waals surface area contributed by atoms with Crippen LogP contribution in [-0.2, 0) is 4.74 Å². The Hall–Kier alpha value is -1.06. The van der Waals surface area contributed by atoms with Gasteiger partial charge in [-0.3, -0.25) is 0 Å². The minimum atomic E-state index is -0.0857. The van der Waals surface area contributed by atoms with Gasteiger partial charge in [0.25, 0.3) is 0 Å². The summed E-state index contributed by atoms with van der Waals surface area (Å²) >= 11 is 0. The molecule has 0 saturated heterocycles. The van der Waals surface area contributed by atoms with Crippen LogP contribution >= 0.6 is 0 Å². The molecule has 2 atom stereocenters. The molecule has 2 unspecified atom stereocenters. The Balaban J connectivity index is 2.60. The van der Waals surface area contributed by atoms with Gasteiger partial charge in [0.1, 0.15) is 5.75 Å². The largest absolute Gasteiger partial charge is 0.497 e. The molecule has 0 heterocycles. The number of nitrogens with two attached hydrogens (primary N) is 1. The zero-order chi connectivity index (χ0) is 12.0. The van der Waals surface area contributed by atoms with E-state index < -0.39 is 0 Å². The number of benzene rings is 1. The molecule has 1 aromatic rings. The maximum absolute atomic E-state index is 6.11. The number of hydrogen-bond donors (Lipinski definition) is 1. The molecule has 0 radical (unpaired) electrons. The van der Waals surface area contributed by atoms with Gasteiger partial charge >= 0.3 is 0 Å². The number of ether oxygens (including phenoxy) is 2. The molecule has 0 aliphatic rings. The third kappa shape index (κ3) is 3.51. The van der Waals surface area contributed by atoms with E-state index in [1.807, 2.05) is 31.2 Å². The van der Waals surface area contributed by atoms with E-state index in [9.17, 15) is 0 Å². The standard InChI is InChI=1S/C13H21NO2/c1-4-9-16-10(2)13(14)11-5-7-12(15-3)8-6-11/h5-8,10,13H,4,9,14H2,1-3H3. The highest BCUT2D eigenvalue weighted by molar-refractivity contribution is 5.29. The average Bonchev–Trinajstić information content (AvgIpc) is 2.35. The molecule has 3 heteroatoms. The fourth-order valence-electron chi connectivity index (χ4n) is 1.50. The van der Waals surface area contributed by atoms with Crippen molar-refractivity contribution in [3.63, 3.8) is 0 Å². The summed E-state index contributed by atoms with van der Waals surface area (Å²) in [4.78, 5) is 0. The molecule has 0 fully saturated rings. The average molecular weight is 223 g/mol. The van der Waals surface area contributed by atoms with Crippen molar-refractivity contribution in [1.82, 2.24) is 0 Å². The summed E-state index contributed by atoms with van der Waals surface area (Å²) in [5.74, 6) is 0.845. The summed E-state index contributed by atoms with van der Waals surface area (Å²) in [6, 6.07) is 7.71. The third-order valence-corrected chi connectivity index (χ3v) is 2.59. The van der Waals surface area contributed by atoms with E-state index in [2.05, 4.69) is 6.92 Å². The summed E-state index contributed by atoms with van der Waals surface area (Å²) in [6.45, 7) is 4.85. The highest BCUT2D eigenvalue weighted by atomic mass is 16.5. The van der Waals surface area contributed by atoms with Crippen molar-refractivity contribution in [1.29, 1.82) is 0 Å². The first-order chi connectivity index (χ1) is 7.69. The molecule has 90 valence electrons. The van der Waals surface area contributed by atoms with Crippen LogP contribution in [0.25, 0.3) is 0 Å². The van der Waals surface area contributed by atoms with Crippen LogP contribution < -0.4 is 10.5 Å². The molecule has 0 aliphatic heterocycles. The molecule has 0 saturated carbocycles. The topological polar surface area (TPSA) is 44.5 Å². The van der Waals surface area contributed by atoms with Crippen molar-refractivity contribution in [3.8, 4) is 5.75 Å². The maximum atomic E-state index is 6.11. The molecular formula is C13H21NO2. The van der Waals surface area contributed by atoms with Crippen LogP contribution in [0.4, 0.5) is 0 Å². The van der Waals surface area contributed by atoms with E-state index in [4.69, 9.17) is 15.2 Å². The van der Waals surface area contributed by atoms with E-state index in [1.165, 1.54) is 0 Å². The summed E-state index contributed by atoms with van der Waals surface area (Å²) < 4.78 is 10.7. The van der Waals surface area contributed by atoms with Crippen molar-refractivity contribution in [2.45, 2.75) is 32.4 Å². The predicted molar refractivity (Wildman–Crippen MR) is 65.6 cm³/mol. The molecule has 1 rings (SSSR count). The van der Waals surface area contributed by atoms with E-state index in [0.717, 1.165) is 24.3 Å². The quantitative estimate of drug-likeness (QED) is 0.806. The Bertz CT molecular complexity index is 297. The molecule has 3 nitrogen and oxygen atoms in total. The predicted octanol–water partition coefficient (Wildman–Crippen LogP) is 2.51. The lowest BCUT2D eigenvalue weighted by Crippen LogP contribution is -2.26. The second-order valence-corrected chi connectivity index (χ2v) is 3.87. The summed E-state index contributed by atoms with van der Waals surface area (Å²) in [7, 11) is 1.65. The van der Waals surface area contributed by atoms with E-state index in [-0.39, 0.29) is 12.1 Å². The number of methoxy groups -OCH3 is 1. The van der Waals surface area contributed by atoms with Gasteiger partial charge in [-0.25, -0.2) is 0 Å². The minimum absolute atomic E-state index is 0.0355. The number of hydrogen-bond acceptors (Lipinski definition) is 3. The van der Waals surface area contributed by atoms with Gasteiger partial charge in [0.15, 0.2) is 0 Å². The lowest BCUT2D eigenvalue weighted by atomic mass is 10.0. The molecule has 0 bridgehead atoms. The highest BCUT2D eigenvalue weighted by Gasteiger charge is 2.14.